The van der Waals surface area contributed by atoms with E-state index < -0.39 is 12.1 Å². The molecule has 0 bridgehead atoms. The van der Waals surface area contributed by atoms with E-state index in [4.69, 9.17) is 4.74 Å². The summed E-state index contributed by atoms with van der Waals surface area (Å²) in [5.74, 6) is -0.0483. The van der Waals surface area contributed by atoms with Crippen LogP contribution >= 0.6 is 0 Å². The molecule has 0 aromatic rings. The normalized spacial score (nSPS) is 12.6. The molecule has 0 aliphatic carbocycles. The summed E-state index contributed by atoms with van der Waals surface area (Å²) >= 11 is 0. The van der Waals surface area contributed by atoms with Gasteiger partial charge in [0.1, 0.15) is 0 Å². The Labute approximate surface area is 406 Å². The minimum atomic E-state index is -0.673. The number of nitrogens with one attached hydrogen (secondary N) is 1. The zero-order valence-corrected chi connectivity index (χ0v) is 44.0. The number of carbonyl (C=O) groups is 2. The van der Waals surface area contributed by atoms with E-state index in [0.717, 1.165) is 64.2 Å². The standard InChI is InChI=1S/C59H115NO5/c1-3-5-7-9-11-13-15-17-18-19-20-21-25-29-33-37-41-45-49-53-59(64)65-54-50-46-42-38-34-30-26-23-22-24-28-32-36-40-44-48-52-58(63)60-56(55-61)57(62)51-47-43-39-35-31-27-16-14-12-10-8-6-4-2/h22,24,56-57,61-62H,3-21,23,25-55H2,1-2H3,(H,60,63)/b24-22-. The highest BCUT2D eigenvalue weighted by atomic mass is 16.5. The summed E-state index contributed by atoms with van der Waals surface area (Å²) in [6.45, 7) is 4.95. The van der Waals surface area contributed by atoms with Gasteiger partial charge in [-0.25, -0.2) is 0 Å². The number of esters is 1. The van der Waals surface area contributed by atoms with Crippen LogP contribution in [-0.4, -0.2) is 47.4 Å². The monoisotopic (exact) mass is 918 g/mol. The Morgan fingerprint density at radius 2 is 0.723 bits per heavy atom. The number of rotatable bonds is 55. The molecule has 0 aliphatic heterocycles. The summed E-state index contributed by atoms with van der Waals surface area (Å²) in [6, 6.07) is -0.552. The highest BCUT2D eigenvalue weighted by Crippen LogP contribution is 2.17. The number of hydrogen-bond donors (Lipinski definition) is 3. The third kappa shape index (κ3) is 51.8. The smallest absolute Gasteiger partial charge is 0.305 e. The molecule has 0 saturated carbocycles. The van der Waals surface area contributed by atoms with Gasteiger partial charge in [0.2, 0.25) is 5.91 Å². The fraction of sp³-hybridized carbons (Fsp3) is 0.932. The van der Waals surface area contributed by atoms with Crippen molar-refractivity contribution in [3.63, 3.8) is 0 Å². The molecular weight excluding hydrogens is 803 g/mol. The lowest BCUT2D eigenvalue weighted by molar-refractivity contribution is -0.143. The Balaban J connectivity index is 3.42. The highest BCUT2D eigenvalue weighted by Gasteiger charge is 2.20. The van der Waals surface area contributed by atoms with E-state index in [1.54, 1.807) is 0 Å². The fourth-order valence-corrected chi connectivity index (χ4v) is 9.28. The predicted molar refractivity (Wildman–Crippen MR) is 283 cm³/mol. The first-order valence-electron chi connectivity index (χ1n) is 29.4. The molecule has 65 heavy (non-hydrogen) atoms. The highest BCUT2D eigenvalue weighted by molar-refractivity contribution is 5.76. The number of aliphatic hydroxyl groups is 2. The van der Waals surface area contributed by atoms with E-state index >= 15 is 0 Å². The van der Waals surface area contributed by atoms with Crippen LogP contribution in [0.15, 0.2) is 12.2 Å². The van der Waals surface area contributed by atoms with Crippen LogP contribution in [0, 0.1) is 0 Å². The molecule has 0 radical (unpaired) electrons. The number of ether oxygens (including phenoxy) is 1. The Kier molecular flexibility index (Phi) is 54.0. The minimum Gasteiger partial charge on any atom is -0.466 e. The van der Waals surface area contributed by atoms with E-state index in [2.05, 4.69) is 31.3 Å². The molecular formula is C59H115NO5. The summed E-state index contributed by atoms with van der Waals surface area (Å²) in [4.78, 5) is 24.5. The van der Waals surface area contributed by atoms with Gasteiger partial charge in [-0.15, -0.1) is 0 Å². The largest absolute Gasteiger partial charge is 0.466 e. The van der Waals surface area contributed by atoms with E-state index in [1.165, 1.54) is 231 Å². The molecule has 0 saturated heterocycles. The minimum absolute atomic E-state index is 0.00246. The van der Waals surface area contributed by atoms with E-state index in [-0.39, 0.29) is 18.5 Å². The van der Waals surface area contributed by atoms with Gasteiger partial charge in [-0.2, -0.15) is 0 Å². The zero-order valence-electron chi connectivity index (χ0n) is 44.0. The summed E-state index contributed by atoms with van der Waals surface area (Å²) in [5, 5.41) is 23.2. The van der Waals surface area contributed by atoms with Crippen molar-refractivity contribution in [1.29, 1.82) is 0 Å². The lowest BCUT2D eigenvalue weighted by Gasteiger charge is -2.22. The summed E-state index contributed by atoms with van der Waals surface area (Å²) < 4.78 is 5.49. The molecule has 6 heteroatoms. The van der Waals surface area contributed by atoms with Gasteiger partial charge in [-0.3, -0.25) is 9.59 Å². The first kappa shape index (κ1) is 63.6. The first-order valence-corrected chi connectivity index (χ1v) is 29.4. The molecule has 2 atom stereocenters. The van der Waals surface area contributed by atoms with Crippen molar-refractivity contribution in [1.82, 2.24) is 5.32 Å². The lowest BCUT2D eigenvalue weighted by atomic mass is 10.0. The van der Waals surface area contributed by atoms with Crippen LogP contribution < -0.4 is 5.32 Å². The Morgan fingerprint density at radius 1 is 0.415 bits per heavy atom. The second kappa shape index (κ2) is 55.2. The van der Waals surface area contributed by atoms with Gasteiger partial charge < -0.3 is 20.3 Å². The average Bonchev–Trinajstić information content (AvgIpc) is 3.31. The molecule has 386 valence electrons. The van der Waals surface area contributed by atoms with Crippen molar-refractivity contribution in [2.45, 2.75) is 341 Å². The second-order valence-electron chi connectivity index (χ2n) is 20.3. The zero-order chi connectivity index (χ0) is 47.2. The van der Waals surface area contributed by atoms with E-state index in [1.807, 2.05) is 0 Å². The molecule has 0 rings (SSSR count). The van der Waals surface area contributed by atoms with Gasteiger partial charge in [-0.1, -0.05) is 276 Å². The van der Waals surface area contributed by atoms with Crippen molar-refractivity contribution in [3.8, 4) is 0 Å². The van der Waals surface area contributed by atoms with Crippen molar-refractivity contribution < 1.29 is 24.5 Å². The molecule has 0 aromatic heterocycles. The topological polar surface area (TPSA) is 95.9 Å². The third-order valence-electron chi connectivity index (χ3n) is 13.8. The van der Waals surface area contributed by atoms with Crippen LogP contribution in [0.1, 0.15) is 328 Å². The summed E-state index contributed by atoms with van der Waals surface area (Å²) in [7, 11) is 0. The molecule has 1 amide bonds. The average molecular weight is 919 g/mol. The summed E-state index contributed by atoms with van der Waals surface area (Å²) in [5.41, 5.74) is 0. The Morgan fingerprint density at radius 3 is 1.09 bits per heavy atom. The Hall–Kier alpha value is -1.40. The maximum atomic E-state index is 12.4. The number of hydrogen-bond acceptors (Lipinski definition) is 5. The Bertz CT molecular complexity index is 970. The van der Waals surface area contributed by atoms with Crippen LogP contribution in [-0.2, 0) is 14.3 Å². The van der Waals surface area contributed by atoms with E-state index in [9.17, 15) is 19.8 Å². The van der Waals surface area contributed by atoms with Crippen LogP contribution in [0.5, 0.6) is 0 Å². The van der Waals surface area contributed by atoms with Gasteiger partial charge in [0, 0.05) is 12.8 Å². The number of amides is 1. The van der Waals surface area contributed by atoms with Crippen molar-refractivity contribution in [2.75, 3.05) is 13.2 Å². The molecule has 3 N–H and O–H groups in total. The maximum Gasteiger partial charge on any atom is 0.305 e. The van der Waals surface area contributed by atoms with E-state index in [0.29, 0.717) is 25.9 Å². The van der Waals surface area contributed by atoms with Gasteiger partial charge in [0.15, 0.2) is 0 Å². The lowest BCUT2D eigenvalue weighted by Crippen LogP contribution is -2.45. The predicted octanol–water partition coefficient (Wildman–Crippen LogP) is 18.1. The maximum absolute atomic E-state index is 12.4. The quantitative estimate of drug-likeness (QED) is 0.0321. The van der Waals surface area contributed by atoms with Crippen molar-refractivity contribution >= 4 is 11.9 Å². The van der Waals surface area contributed by atoms with Crippen LogP contribution in [0.3, 0.4) is 0 Å². The number of carbonyl (C=O) groups excluding carboxylic acids is 2. The van der Waals surface area contributed by atoms with Crippen LogP contribution in [0.25, 0.3) is 0 Å². The number of aliphatic hydroxyl groups excluding tert-OH is 2. The molecule has 0 aliphatic rings. The van der Waals surface area contributed by atoms with Crippen LogP contribution in [0.4, 0.5) is 0 Å². The molecule has 0 fully saturated rings. The molecule has 0 spiro atoms. The third-order valence-corrected chi connectivity index (χ3v) is 13.8. The molecule has 2 unspecified atom stereocenters. The molecule has 0 aromatic carbocycles. The molecule has 0 heterocycles. The summed E-state index contributed by atoms with van der Waals surface area (Å²) in [6.07, 6.45) is 64.9. The van der Waals surface area contributed by atoms with Crippen LogP contribution in [0.2, 0.25) is 0 Å². The second-order valence-corrected chi connectivity index (χ2v) is 20.3. The van der Waals surface area contributed by atoms with Crippen molar-refractivity contribution in [2.24, 2.45) is 0 Å². The fourth-order valence-electron chi connectivity index (χ4n) is 9.28. The van der Waals surface area contributed by atoms with Gasteiger partial charge in [0.25, 0.3) is 0 Å². The SMILES string of the molecule is CCCCCCCCCCCCCCCCCCCCCC(=O)OCCCCCCCCC/C=C\CCCCCCCC(=O)NC(CO)C(O)CCCCCCCCCCCCCCC. The van der Waals surface area contributed by atoms with Gasteiger partial charge >= 0.3 is 5.97 Å². The number of unbranched alkanes of at least 4 members (excludes halogenated alkanes) is 42. The first-order chi connectivity index (χ1) is 32.0. The van der Waals surface area contributed by atoms with Gasteiger partial charge in [0.05, 0.1) is 25.4 Å². The number of allylic oxidation sites excluding steroid dienone is 2. The van der Waals surface area contributed by atoms with Gasteiger partial charge in [-0.05, 0) is 51.4 Å². The molecule has 6 nitrogen and oxygen atoms in total. The van der Waals surface area contributed by atoms with Crippen molar-refractivity contribution in [3.05, 3.63) is 12.2 Å².